The van der Waals surface area contributed by atoms with E-state index in [-0.39, 0.29) is 36.8 Å². The van der Waals surface area contributed by atoms with Gasteiger partial charge in [0.05, 0.1) is 0 Å². The molecule has 0 radical (unpaired) electrons. The molecule has 0 saturated carbocycles. The van der Waals surface area contributed by atoms with Crippen molar-refractivity contribution in [3.05, 3.63) is 35.4 Å². The lowest BCUT2D eigenvalue weighted by molar-refractivity contribution is -0.121. The Hall–Kier alpha value is -0.810. The second-order valence-electron chi connectivity index (χ2n) is 6.76. The molecule has 1 aromatic carbocycles. The van der Waals surface area contributed by atoms with Crippen LogP contribution in [0.5, 0.6) is 0 Å². The zero-order valence-electron chi connectivity index (χ0n) is 14.7. The highest BCUT2D eigenvalue weighted by molar-refractivity contribution is 5.85. The zero-order valence-corrected chi connectivity index (χ0v) is 16.3. The molecule has 3 N–H and O–H groups in total. The number of nitrogens with two attached hydrogens (primary N) is 1. The van der Waals surface area contributed by atoms with Crippen LogP contribution in [0.4, 0.5) is 0 Å². The van der Waals surface area contributed by atoms with Gasteiger partial charge in [-0.05, 0) is 43.4 Å². The summed E-state index contributed by atoms with van der Waals surface area (Å²) in [6, 6.07) is 8.47. The summed E-state index contributed by atoms with van der Waals surface area (Å²) in [5.41, 5.74) is 8.10. The molecule has 1 fully saturated rings. The first-order valence-electron chi connectivity index (χ1n) is 8.35. The van der Waals surface area contributed by atoms with Crippen molar-refractivity contribution in [2.24, 2.45) is 11.7 Å². The summed E-state index contributed by atoms with van der Waals surface area (Å²) in [5, 5.41) is 2.91. The topological polar surface area (TPSA) is 58.4 Å². The summed E-state index contributed by atoms with van der Waals surface area (Å²) in [6.07, 6.45) is 3.05. The van der Waals surface area contributed by atoms with Gasteiger partial charge < -0.3 is 11.1 Å². The van der Waals surface area contributed by atoms with Gasteiger partial charge in [-0.1, -0.05) is 31.2 Å². The Morgan fingerprint density at radius 1 is 1.29 bits per heavy atom. The lowest BCUT2D eigenvalue weighted by Crippen LogP contribution is -2.33. The van der Waals surface area contributed by atoms with E-state index in [1.54, 1.807) is 0 Å². The summed E-state index contributed by atoms with van der Waals surface area (Å²) in [6.45, 7) is 8.19. The largest absolute Gasteiger partial charge is 0.352 e. The Kier molecular flexibility index (Phi) is 11.3. The summed E-state index contributed by atoms with van der Waals surface area (Å²) in [5.74, 6) is 0.828. The first-order valence-corrected chi connectivity index (χ1v) is 8.35. The number of carbonyl (C=O) groups excluding carboxylic acids is 1. The van der Waals surface area contributed by atoms with Gasteiger partial charge in [-0.15, -0.1) is 24.8 Å². The van der Waals surface area contributed by atoms with Gasteiger partial charge in [0, 0.05) is 32.1 Å². The van der Waals surface area contributed by atoms with Crippen LogP contribution in [0, 0.1) is 5.92 Å². The molecule has 2 atom stereocenters. The average Bonchev–Trinajstić information content (AvgIpc) is 2.46. The molecular formula is C18H31Cl2N3O. The second-order valence-corrected chi connectivity index (χ2v) is 6.76. The summed E-state index contributed by atoms with van der Waals surface area (Å²) >= 11 is 0. The van der Waals surface area contributed by atoms with Crippen LogP contribution >= 0.6 is 24.8 Å². The maximum atomic E-state index is 11.6. The monoisotopic (exact) mass is 375 g/mol. The van der Waals surface area contributed by atoms with E-state index in [0.717, 1.165) is 18.0 Å². The number of hydrogen-bond donors (Lipinski definition) is 2. The first-order chi connectivity index (χ1) is 10.5. The van der Waals surface area contributed by atoms with E-state index < -0.39 is 0 Å². The van der Waals surface area contributed by atoms with Crippen LogP contribution in [0.1, 0.15) is 44.2 Å². The predicted octanol–water partition coefficient (Wildman–Crippen LogP) is 3.12. The fourth-order valence-corrected chi connectivity index (χ4v) is 3.02. The number of piperidine rings is 1. The minimum atomic E-state index is -0.0886. The lowest BCUT2D eigenvalue weighted by Gasteiger charge is -2.30. The Morgan fingerprint density at radius 3 is 2.50 bits per heavy atom. The normalized spacial score (nSPS) is 18.9. The lowest BCUT2D eigenvalue weighted by atomic mass is 9.99. The molecule has 1 aromatic rings. The molecular weight excluding hydrogens is 345 g/mol. The van der Waals surface area contributed by atoms with Crippen LogP contribution in [-0.4, -0.2) is 29.9 Å². The van der Waals surface area contributed by atoms with Gasteiger partial charge in [-0.25, -0.2) is 0 Å². The molecule has 2 rings (SSSR count). The van der Waals surface area contributed by atoms with Crippen molar-refractivity contribution in [1.29, 1.82) is 0 Å². The van der Waals surface area contributed by atoms with Crippen molar-refractivity contribution in [3.8, 4) is 0 Å². The summed E-state index contributed by atoms with van der Waals surface area (Å²) < 4.78 is 0. The van der Waals surface area contributed by atoms with Crippen molar-refractivity contribution >= 4 is 30.7 Å². The Morgan fingerprint density at radius 2 is 1.92 bits per heavy atom. The number of nitrogens with zero attached hydrogens (tertiary/aromatic N) is 1. The number of nitrogens with one attached hydrogen (secondary N) is 1. The standard InChI is InChI=1S/C18H29N3O.2ClH/c1-14-4-3-9-21(12-14)13-17-7-5-16(6-8-17)11-20-18(22)10-15(2)19;;/h5-8,14-15H,3-4,9-13,19H2,1-2H3,(H,20,22);2*1H. The van der Waals surface area contributed by atoms with Crippen molar-refractivity contribution < 1.29 is 4.79 Å². The van der Waals surface area contributed by atoms with Crippen molar-refractivity contribution in [2.45, 2.75) is 52.2 Å². The Balaban J connectivity index is 0.00000264. The number of hydrogen-bond acceptors (Lipinski definition) is 3. The van der Waals surface area contributed by atoms with Gasteiger partial charge in [0.25, 0.3) is 0 Å². The molecule has 0 aromatic heterocycles. The SMILES string of the molecule is CC(N)CC(=O)NCc1ccc(CN2CCCC(C)C2)cc1.Cl.Cl. The van der Waals surface area contributed by atoms with E-state index >= 15 is 0 Å². The van der Waals surface area contributed by atoms with Crippen LogP contribution in [0.25, 0.3) is 0 Å². The maximum absolute atomic E-state index is 11.6. The minimum Gasteiger partial charge on any atom is -0.352 e. The fraction of sp³-hybridized carbons (Fsp3) is 0.611. The van der Waals surface area contributed by atoms with Gasteiger partial charge in [0.1, 0.15) is 0 Å². The zero-order chi connectivity index (χ0) is 15.9. The number of halogens is 2. The second kappa shape index (κ2) is 11.7. The number of amides is 1. The molecule has 138 valence electrons. The molecule has 2 unspecified atom stereocenters. The van der Waals surface area contributed by atoms with E-state index in [2.05, 4.69) is 41.4 Å². The van der Waals surface area contributed by atoms with Crippen molar-refractivity contribution in [3.63, 3.8) is 0 Å². The van der Waals surface area contributed by atoms with E-state index in [1.165, 1.54) is 31.5 Å². The fourth-order valence-electron chi connectivity index (χ4n) is 3.02. The first kappa shape index (κ1) is 23.2. The predicted molar refractivity (Wildman–Crippen MR) is 105 cm³/mol. The third-order valence-corrected chi connectivity index (χ3v) is 4.17. The Labute approximate surface area is 158 Å². The molecule has 6 heteroatoms. The molecule has 1 heterocycles. The van der Waals surface area contributed by atoms with Crippen molar-refractivity contribution in [1.82, 2.24) is 10.2 Å². The summed E-state index contributed by atoms with van der Waals surface area (Å²) in [4.78, 5) is 14.1. The molecule has 0 bridgehead atoms. The number of carbonyl (C=O) groups is 1. The number of likely N-dealkylation sites (tertiary alicyclic amines) is 1. The third kappa shape index (κ3) is 8.34. The van der Waals surface area contributed by atoms with E-state index in [4.69, 9.17) is 5.73 Å². The molecule has 24 heavy (non-hydrogen) atoms. The quantitative estimate of drug-likeness (QED) is 0.802. The summed E-state index contributed by atoms with van der Waals surface area (Å²) in [7, 11) is 0. The van der Waals surface area contributed by atoms with Crippen LogP contribution in [-0.2, 0) is 17.9 Å². The number of rotatable bonds is 6. The van der Waals surface area contributed by atoms with Gasteiger partial charge in [-0.3, -0.25) is 9.69 Å². The Bertz CT molecular complexity index is 480. The highest BCUT2D eigenvalue weighted by Crippen LogP contribution is 2.18. The van der Waals surface area contributed by atoms with Crippen LogP contribution in [0.15, 0.2) is 24.3 Å². The highest BCUT2D eigenvalue weighted by atomic mass is 35.5. The van der Waals surface area contributed by atoms with E-state index in [0.29, 0.717) is 13.0 Å². The van der Waals surface area contributed by atoms with E-state index in [9.17, 15) is 4.79 Å². The van der Waals surface area contributed by atoms with E-state index in [1.807, 2.05) is 6.92 Å². The van der Waals surface area contributed by atoms with Crippen LogP contribution < -0.4 is 11.1 Å². The van der Waals surface area contributed by atoms with Gasteiger partial charge >= 0.3 is 0 Å². The number of benzene rings is 1. The van der Waals surface area contributed by atoms with Gasteiger partial charge in [-0.2, -0.15) is 0 Å². The molecule has 1 saturated heterocycles. The molecule has 0 aliphatic carbocycles. The molecule has 0 spiro atoms. The van der Waals surface area contributed by atoms with Gasteiger partial charge in [0.2, 0.25) is 5.91 Å². The van der Waals surface area contributed by atoms with Crippen LogP contribution in [0.3, 0.4) is 0 Å². The third-order valence-electron chi connectivity index (χ3n) is 4.17. The van der Waals surface area contributed by atoms with Crippen molar-refractivity contribution in [2.75, 3.05) is 13.1 Å². The smallest absolute Gasteiger partial charge is 0.221 e. The van der Waals surface area contributed by atoms with Gasteiger partial charge in [0.15, 0.2) is 0 Å². The molecule has 1 amide bonds. The highest BCUT2D eigenvalue weighted by Gasteiger charge is 2.16. The average molecular weight is 376 g/mol. The molecule has 1 aliphatic heterocycles. The minimum absolute atomic E-state index is 0. The van der Waals surface area contributed by atoms with Crippen LogP contribution in [0.2, 0.25) is 0 Å². The maximum Gasteiger partial charge on any atom is 0.221 e. The molecule has 4 nitrogen and oxygen atoms in total. The molecule has 1 aliphatic rings.